The summed E-state index contributed by atoms with van der Waals surface area (Å²) < 4.78 is 0. The van der Waals surface area contributed by atoms with Crippen LogP contribution in [0.2, 0.25) is 0 Å². The van der Waals surface area contributed by atoms with E-state index in [1.165, 1.54) is 13.0 Å². The number of amides is 1. The molecular weight excluding hydrogens is 350 g/mol. The van der Waals surface area contributed by atoms with Gasteiger partial charge in [-0.1, -0.05) is 26.0 Å². The summed E-state index contributed by atoms with van der Waals surface area (Å²) in [5.74, 6) is 1.75. The zero-order chi connectivity index (χ0) is 20.5. The lowest BCUT2D eigenvalue weighted by Gasteiger charge is -2.24. The normalized spacial score (nSPS) is 17.3. The number of nitrogens with one attached hydrogen (secondary N) is 1. The first kappa shape index (κ1) is 22.2. The Hall–Kier alpha value is -2.08. The first-order valence-corrected chi connectivity index (χ1v) is 10.5. The van der Waals surface area contributed by atoms with Crippen LogP contribution in [-0.2, 0) is 6.42 Å². The molecule has 1 aromatic carbocycles. The molecule has 1 amide bonds. The molecule has 1 aliphatic rings. The van der Waals surface area contributed by atoms with Crippen molar-refractivity contribution in [3.8, 4) is 0 Å². The Morgan fingerprint density at radius 2 is 2.04 bits per heavy atom. The van der Waals surface area contributed by atoms with Crippen molar-refractivity contribution < 1.29 is 4.79 Å². The second kappa shape index (κ2) is 11.1. The number of nitrogens with zero attached hydrogens (tertiary/aromatic N) is 4. The third kappa shape index (κ3) is 6.23. The minimum absolute atomic E-state index is 0.0435. The average molecular weight is 388 g/mol. The molecule has 1 aromatic rings. The molecule has 0 spiro atoms. The summed E-state index contributed by atoms with van der Waals surface area (Å²) in [4.78, 5) is 23.1. The Bertz CT molecular complexity index is 654. The molecule has 2 rings (SSSR count). The monoisotopic (exact) mass is 387 g/mol. The number of guanidine groups is 1. The van der Waals surface area contributed by atoms with Gasteiger partial charge in [0, 0.05) is 52.9 Å². The van der Waals surface area contributed by atoms with Crippen molar-refractivity contribution in [1.82, 2.24) is 20.0 Å². The van der Waals surface area contributed by atoms with Gasteiger partial charge in [0.1, 0.15) is 0 Å². The van der Waals surface area contributed by atoms with Crippen LogP contribution in [0.25, 0.3) is 0 Å². The van der Waals surface area contributed by atoms with Crippen molar-refractivity contribution in [2.45, 2.75) is 26.7 Å². The molecule has 0 bridgehead atoms. The smallest absolute Gasteiger partial charge is 0.253 e. The maximum Gasteiger partial charge on any atom is 0.253 e. The Kier molecular flexibility index (Phi) is 8.77. The molecule has 156 valence electrons. The molecule has 28 heavy (non-hydrogen) atoms. The number of likely N-dealkylation sites (tertiary alicyclic amines) is 1. The van der Waals surface area contributed by atoms with Gasteiger partial charge in [-0.2, -0.15) is 0 Å². The lowest BCUT2D eigenvalue weighted by Crippen LogP contribution is -2.41. The highest BCUT2D eigenvalue weighted by molar-refractivity contribution is 5.94. The van der Waals surface area contributed by atoms with Crippen molar-refractivity contribution in [2.75, 3.05) is 60.4 Å². The largest absolute Gasteiger partial charge is 0.356 e. The molecule has 0 saturated carbocycles. The quantitative estimate of drug-likeness (QED) is 0.549. The Morgan fingerprint density at radius 3 is 2.68 bits per heavy atom. The number of benzene rings is 1. The highest BCUT2D eigenvalue weighted by Crippen LogP contribution is 2.17. The second-order valence-electron chi connectivity index (χ2n) is 7.71. The van der Waals surface area contributed by atoms with Gasteiger partial charge in [-0.15, -0.1) is 0 Å². The van der Waals surface area contributed by atoms with E-state index in [1.54, 1.807) is 19.0 Å². The Labute approximate surface area is 170 Å². The zero-order valence-electron chi connectivity index (χ0n) is 18.2. The molecular formula is C22H37N5O. The number of carbonyl (C=O) groups excluding carboxylic acids is 1. The van der Waals surface area contributed by atoms with Crippen LogP contribution in [0.1, 0.15) is 36.2 Å². The molecule has 1 fully saturated rings. The molecule has 0 aromatic heterocycles. The predicted molar refractivity (Wildman–Crippen MR) is 117 cm³/mol. The van der Waals surface area contributed by atoms with Crippen molar-refractivity contribution >= 4 is 11.9 Å². The molecule has 1 aliphatic heterocycles. The number of carbonyl (C=O) groups is 1. The summed E-state index contributed by atoms with van der Waals surface area (Å²) in [6, 6.07) is 7.90. The third-order valence-electron chi connectivity index (χ3n) is 5.48. The summed E-state index contributed by atoms with van der Waals surface area (Å²) >= 11 is 0. The summed E-state index contributed by atoms with van der Waals surface area (Å²) in [5, 5.41) is 3.50. The summed E-state index contributed by atoms with van der Waals surface area (Å²) in [6.07, 6.45) is 2.09. The standard InChI is InChI=1S/C22H37N5O/c1-6-26(7-2)16-19-12-14-27(17-19)22(23-3)24-13-11-18-9-8-10-20(15-18)21(28)25(4)5/h8-10,15,19H,6-7,11-14,16-17H2,1-5H3,(H,23,24). The molecule has 1 saturated heterocycles. The van der Waals surface area contributed by atoms with Gasteiger partial charge in [0.15, 0.2) is 5.96 Å². The van der Waals surface area contributed by atoms with Gasteiger partial charge in [0.2, 0.25) is 0 Å². The van der Waals surface area contributed by atoms with Crippen LogP contribution in [0.3, 0.4) is 0 Å². The molecule has 1 heterocycles. The minimum Gasteiger partial charge on any atom is -0.356 e. The molecule has 1 unspecified atom stereocenters. The van der Waals surface area contributed by atoms with E-state index in [0.29, 0.717) is 5.92 Å². The SMILES string of the molecule is CCN(CC)CC1CCN(C(=NC)NCCc2cccc(C(=O)N(C)C)c2)C1. The lowest BCUT2D eigenvalue weighted by atomic mass is 10.1. The topological polar surface area (TPSA) is 51.2 Å². The first-order chi connectivity index (χ1) is 13.5. The van der Waals surface area contributed by atoms with Gasteiger partial charge >= 0.3 is 0 Å². The van der Waals surface area contributed by atoms with Crippen molar-refractivity contribution in [3.05, 3.63) is 35.4 Å². The third-order valence-corrected chi connectivity index (χ3v) is 5.48. The lowest BCUT2D eigenvalue weighted by molar-refractivity contribution is 0.0827. The number of aliphatic imine (C=N–C) groups is 1. The minimum atomic E-state index is 0.0435. The average Bonchev–Trinajstić information content (AvgIpc) is 3.17. The van der Waals surface area contributed by atoms with Crippen LogP contribution in [0.4, 0.5) is 0 Å². The van der Waals surface area contributed by atoms with E-state index in [-0.39, 0.29) is 5.91 Å². The fourth-order valence-electron chi connectivity index (χ4n) is 3.79. The van der Waals surface area contributed by atoms with Gasteiger partial charge in [0.25, 0.3) is 5.91 Å². The summed E-state index contributed by atoms with van der Waals surface area (Å²) in [5.41, 5.74) is 1.90. The predicted octanol–water partition coefficient (Wildman–Crippen LogP) is 2.17. The Morgan fingerprint density at radius 1 is 1.29 bits per heavy atom. The van der Waals surface area contributed by atoms with Crippen LogP contribution >= 0.6 is 0 Å². The zero-order valence-corrected chi connectivity index (χ0v) is 18.2. The Balaban J connectivity index is 1.83. The molecule has 1 atom stereocenters. The fraction of sp³-hybridized carbons (Fsp3) is 0.636. The van der Waals surface area contributed by atoms with E-state index in [9.17, 15) is 4.79 Å². The second-order valence-corrected chi connectivity index (χ2v) is 7.71. The van der Waals surface area contributed by atoms with Crippen LogP contribution in [-0.4, -0.2) is 87.0 Å². The highest BCUT2D eigenvalue weighted by Gasteiger charge is 2.25. The molecule has 0 aliphatic carbocycles. The molecule has 0 radical (unpaired) electrons. The maximum atomic E-state index is 12.1. The van der Waals surface area contributed by atoms with E-state index in [1.807, 2.05) is 25.2 Å². The van der Waals surface area contributed by atoms with Crippen LogP contribution in [0.15, 0.2) is 29.3 Å². The fourth-order valence-corrected chi connectivity index (χ4v) is 3.79. The summed E-state index contributed by atoms with van der Waals surface area (Å²) in [6.45, 7) is 10.8. The van der Waals surface area contributed by atoms with Gasteiger partial charge < -0.3 is 20.0 Å². The number of hydrogen-bond donors (Lipinski definition) is 1. The molecule has 1 N–H and O–H groups in total. The van der Waals surface area contributed by atoms with Gasteiger partial charge in [-0.3, -0.25) is 9.79 Å². The van der Waals surface area contributed by atoms with Gasteiger partial charge in [0.05, 0.1) is 0 Å². The van der Waals surface area contributed by atoms with E-state index < -0.39 is 0 Å². The van der Waals surface area contributed by atoms with E-state index in [2.05, 4.69) is 40.0 Å². The van der Waals surface area contributed by atoms with Crippen molar-refractivity contribution in [2.24, 2.45) is 10.9 Å². The van der Waals surface area contributed by atoms with E-state index >= 15 is 0 Å². The van der Waals surface area contributed by atoms with Crippen molar-refractivity contribution in [3.63, 3.8) is 0 Å². The van der Waals surface area contributed by atoms with Crippen LogP contribution in [0, 0.1) is 5.92 Å². The van der Waals surface area contributed by atoms with Gasteiger partial charge in [-0.05, 0) is 49.5 Å². The maximum absolute atomic E-state index is 12.1. The molecule has 6 nitrogen and oxygen atoms in total. The van der Waals surface area contributed by atoms with E-state index in [0.717, 1.165) is 56.2 Å². The highest BCUT2D eigenvalue weighted by atomic mass is 16.2. The molecule has 6 heteroatoms. The number of hydrogen-bond acceptors (Lipinski definition) is 3. The number of rotatable bonds is 8. The first-order valence-electron chi connectivity index (χ1n) is 10.5. The van der Waals surface area contributed by atoms with Crippen LogP contribution in [0.5, 0.6) is 0 Å². The van der Waals surface area contributed by atoms with Crippen LogP contribution < -0.4 is 5.32 Å². The van der Waals surface area contributed by atoms with E-state index in [4.69, 9.17) is 0 Å². The summed E-state index contributed by atoms with van der Waals surface area (Å²) in [7, 11) is 5.42. The van der Waals surface area contributed by atoms with Crippen molar-refractivity contribution in [1.29, 1.82) is 0 Å². The van der Waals surface area contributed by atoms with Gasteiger partial charge in [-0.25, -0.2) is 0 Å².